The van der Waals surface area contributed by atoms with Crippen molar-refractivity contribution in [3.8, 4) is 0 Å². The van der Waals surface area contributed by atoms with E-state index >= 15 is 0 Å². The van der Waals surface area contributed by atoms with Crippen molar-refractivity contribution in [2.45, 2.75) is 33.0 Å². The second-order valence-corrected chi connectivity index (χ2v) is 5.81. The topological polar surface area (TPSA) is 57.1 Å². The zero-order valence-electron chi connectivity index (χ0n) is 15.5. The zero-order chi connectivity index (χ0) is 18.8. The Bertz CT molecular complexity index is 728. The van der Waals surface area contributed by atoms with Crippen LogP contribution in [-0.2, 0) is 32.1 Å². The molecule has 2 aromatic carbocycles. The fraction of sp³-hybridized carbons (Fsp3) is 0.333. The second kappa shape index (κ2) is 10.4. The molecule has 2 rings (SSSR count). The van der Waals surface area contributed by atoms with Crippen molar-refractivity contribution in [3.63, 3.8) is 0 Å². The summed E-state index contributed by atoms with van der Waals surface area (Å²) in [5.74, 6) is -0.367. The Morgan fingerprint density at radius 2 is 1.81 bits per heavy atom. The van der Waals surface area contributed by atoms with Gasteiger partial charge in [0.2, 0.25) is 0 Å². The predicted octanol–water partition coefficient (Wildman–Crippen LogP) is 3.75. The van der Waals surface area contributed by atoms with Crippen molar-refractivity contribution in [2.24, 2.45) is 5.16 Å². The number of ether oxygens (including phenoxy) is 2. The molecule has 1 atom stereocenters. The first-order valence-corrected chi connectivity index (χ1v) is 8.63. The Morgan fingerprint density at radius 1 is 1.08 bits per heavy atom. The summed E-state index contributed by atoms with van der Waals surface area (Å²) in [5.41, 5.74) is 3.75. The first-order valence-electron chi connectivity index (χ1n) is 8.63. The summed E-state index contributed by atoms with van der Waals surface area (Å²) in [6, 6.07) is 17.7. The molecule has 0 amide bonds. The first kappa shape index (κ1) is 19.7. The molecule has 0 aliphatic heterocycles. The number of carbonyl (C=O) groups is 1. The molecule has 0 fully saturated rings. The number of nitrogens with zero attached hydrogens (tertiary/aromatic N) is 1. The zero-order valence-corrected chi connectivity index (χ0v) is 15.5. The molecule has 5 heteroatoms. The van der Waals surface area contributed by atoms with Gasteiger partial charge in [-0.2, -0.15) is 0 Å². The van der Waals surface area contributed by atoms with E-state index in [1.165, 1.54) is 7.11 Å². The lowest BCUT2D eigenvalue weighted by Crippen LogP contribution is -2.28. The number of methoxy groups -OCH3 is 1. The average molecular weight is 355 g/mol. The molecule has 26 heavy (non-hydrogen) atoms. The van der Waals surface area contributed by atoms with Crippen molar-refractivity contribution in [3.05, 3.63) is 71.3 Å². The van der Waals surface area contributed by atoms with E-state index < -0.39 is 6.10 Å². The molecule has 0 N–H and O–H groups in total. The van der Waals surface area contributed by atoms with Crippen LogP contribution in [0.5, 0.6) is 0 Å². The maximum absolute atomic E-state index is 11.8. The minimum absolute atomic E-state index is 0.367. The Labute approximate surface area is 154 Å². The number of esters is 1. The van der Waals surface area contributed by atoms with Gasteiger partial charge in [0.1, 0.15) is 6.61 Å². The lowest BCUT2D eigenvalue weighted by molar-refractivity contribution is -0.153. The van der Waals surface area contributed by atoms with E-state index in [-0.39, 0.29) is 5.97 Å². The third kappa shape index (κ3) is 6.01. The van der Waals surface area contributed by atoms with E-state index in [1.807, 2.05) is 68.4 Å². The van der Waals surface area contributed by atoms with Gasteiger partial charge >= 0.3 is 5.97 Å². The fourth-order valence-corrected chi connectivity index (χ4v) is 2.51. The molecule has 0 unspecified atom stereocenters. The molecule has 0 saturated heterocycles. The van der Waals surface area contributed by atoms with Gasteiger partial charge in [-0.25, -0.2) is 4.79 Å². The van der Waals surface area contributed by atoms with Crippen LogP contribution >= 0.6 is 0 Å². The SMILES string of the molecule is CCO[C@H](Cc1cccc(C(C)=NOCc2ccccc2)c1)C(=O)OC. The summed E-state index contributed by atoms with van der Waals surface area (Å²) < 4.78 is 10.3. The summed E-state index contributed by atoms with van der Waals surface area (Å²) in [5, 5.41) is 4.19. The van der Waals surface area contributed by atoms with Crippen molar-refractivity contribution in [1.29, 1.82) is 0 Å². The van der Waals surface area contributed by atoms with Gasteiger partial charge in [0.15, 0.2) is 6.10 Å². The van der Waals surface area contributed by atoms with Crippen LogP contribution in [0, 0.1) is 0 Å². The van der Waals surface area contributed by atoms with Crippen molar-refractivity contribution >= 4 is 11.7 Å². The van der Waals surface area contributed by atoms with Crippen LogP contribution < -0.4 is 0 Å². The largest absolute Gasteiger partial charge is 0.467 e. The molecule has 0 aliphatic carbocycles. The summed E-state index contributed by atoms with van der Waals surface area (Å²) in [6.07, 6.45) is -0.154. The molecule has 0 aromatic heterocycles. The standard InChI is InChI=1S/C21H25NO4/c1-4-25-20(21(23)24-3)14-18-11-8-12-19(13-18)16(2)22-26-15-17-9-6-5-7-10-17/h5-13,20H,4,14-15H2,1-3H3/t20-/m1/s1. The van der Waals surface area contributed by atoms with E-state index in [0.29, 0.717) is 19.6 Å². The third-order valence-corrected chi connectivity index (χ3v) is 3.87. The summed E-state index contributed by atoms with van der Waals surface area (Å²) >= 11 is 0. The van der Waals surface area contributed by atoms with Crippen LogP contribution in [-0.4, -0.2) is 31.5 Å². The quantitative estimate of drug-likeness (QED) is 0.390. The highest BCUT2D eigenvalue weighted by Gasteiger charge is 2.20. The summed E-state index contributed by atoms with van der Waals surface area (Å²) in [4.78, 5) is 17.3. The summed E-state index contributed by atoms with van der Waals surface area (Å²) in [7, 11) is 1.37. The van der Waals surface area contributed by atoms with Gasteiger partial charge in [-0.1, -0.05) is 53.7 Å². The predicted molar refractivity (Wildman–Crippen MR) is 101 cm³/mol. The Morgan fingerprint density at radius 3 is 2.50 bits per heavy atom. The van der Waals surface area contributed by atoms with Gasteiger partial charge < -0.3 is 14.3 Å². The Kier molecular flexibility index (Phi) is 7.83. The molecule has 0 saturated carbocycles. The molecule has 0 heterocycles. The highest BCUT2D eigenvalue weighted by Crippen LogP contribution is 2.12. The minimum atomic E-state index is -0.605. The summed E-state index contributed by atoms with van der Waals surface area (Å²) in [6.45, 7) is 4.62. The van der Waals surface area contributed by atoms with Gasteiger partial charge in [0, 0.05) is 13.0 Å². The van der Waals surface area contributed by atoms with Crippen molar-refractivity contribution < 1.29 is 19.1 Å². The minimum Gasteiger partial charge on any atom is -0.467 e. The van der Waals surface area contributed by atoms with E-state index in [1.54, 1.807) is 0 Å². The fourth-order valence-electron chi connectivity index (χ4n) is 2.51. The van der Waals surface area contributed by atoms with Gasteiger partial charge in [0.05, 0.1) is 12.8 Å². The lowest BCUT2D eigenvalue weighted by atomic mass is 10.0. The van der Waals surface area contributed by atoms with E-state index in [9.17, 15) is 4.79 Å². The van der Waals surface area contributed by atoms with Crippen molar-refractivity contribution in [1.82, 2.24) is 0 Å². The number of hydrogen-bond donors (Lipinski definition) is 0. The molecule has 5 nitrogen and oxygen atoms in total. The Balaban J connectivity index is 2.02. The highest BCUT2D eigenvalue weighted by atomic mass is 16.6. The molecule has 0 radical (unpaired) electrons. The van der Waals surface area contributed by atoms with Crippen LogP contribution in [0.2, 0.25) is 0 Å². The molecule has 138 valence electrons. The van der Waals surface area contributed by atoms with Gasteiger partial charge in [-0.15, -0.1) is 0 Å². The number of benzene rings is 2. The molecular formula is C21H25NO4. The third-order valence-electron chi connectivity index (χ3n) is 3.87. The van der Waals surface area contributed by atoms with Gasteiger partial charge in [-0.05, 0) is 36.6 Å². The number of rotatable bonds is 9. The first-order chi connectivity index (χ1) is 12.6. The van der Waals surface area contributed by atoms with Crippen LogP contribution in [0.4, 0.5) is 0 Å². The second-order valence-electron chi connectivity index (χ2n) is 5.81. The number of hydrogen-bond acceptors (Lipinski definition) is 5. The molecule has 2 aromatic rings. The maximum atomic E-state index is 11.8. The molecule has 0 aliphatic rings. The molecular weight excluding hydrogens is 330 g/mol. The smallest absolute Gasteiger partial charge is 0.335 e. The maximum Gasteiger partial charge on any atom is 0.335 e. The van der Waals surface area contributed by atoms with Crippen LogP contribution in [0.15, 0.2) is 59.8 Å². The van der Waals surface area contributed by atoms with Crippen LogP contribution in [0.25, 0.3) is 0 Å². The molecule has 0 spiro atoms. The van der Waals surface area contributed by atoms with Crippen LogP contribution in [0.3, 0.4) is 0 Å². The number of carbonyl (C=O) groups excluding carboxylic acids is 1. The van der Waals surface area contributed by atoms with Crippen LogP contribution in [0.1, 0.15) is 30.5 Å². The van der Waals surface area contributed by atoms with E-state index in [2.05, 4.69) is 5.16 Å². The van der Waals surface area contributed by atoms with Gasteiger partial charge in [-0.3, -0.25) is 0 Å². The lowest BCUT2D eigenvalue weighted by Gasteiger charge is -2.15. The highest BCUT2D eigenvalue weighted by molar-refractivity contribution is 5.98. The van der Waals surface area contributed by atoms with E-state index in [4.69, 9.17) is 14.3 Å². The molecule has 0 bridgehead atoms. The van der Waals surface area contributed by atoms with Crippen molar-refractivity contribution in [2.75, 3.05) is 13.7 Å². The van der Waals surface area contributed by atoms with Gasteiger partial charge in [0.25, 0.3) is 0 Å². The van der Waals surface area contributed by atoms with E-state index in [0.717, 1.165) is 22.4 Å². The normalized spacial score (nSPS) is 12.5. The number of oxime groups is 1. The Hall–Kier alpha value is -2.66. The average Bonchev–Trinajstić information content (AvgIpc) is 2.68. The monoisotopic (exact) mass is 355 g/mol.